The van der Waals surface area contributed by atoms with Crippen LogP contribution in [0.25, 0.3) is 11.4 Å². The molecule has 1 aliphatic rings. The summed E-state index contributed by atoms with van der Waals surface area (Å²) in [5.41, 5.74) is 1.90. The van der Waals surface area contributed by atoms with Gasteiger partial charge in [-0.3, -0.25) is 14.8 Å². The lowest BCUT2D eigenvalue weighted by Gasteiger charge is -2.32. The first-order valence-electron chi connectivity index (χ1n) is 9.60. The smallest absolute Gasteiger partial charge is 0.253 e. The molecule has 0 N–H and O–H groups in total. The minimum atomic E-state index is -3.48. The Morgan fingerprint density at radius 1 is 1.00 bits per heavy atom. The van der Waals surface area contributed by atoms with E-state index in [2.05, 4.69) is 19.9 Å². The minimum absolute atomic E-state index is 0.0423. The lowest BCUT2D eigenvalue weighted by atomic mass is 9.92. The summed E-state index contributed by atoms with van der Waals surface area (Å²) in [6.45, 7) is 1.06. The molecule has 8 nitrogen and oxygen atoms in total. The molecule has 1 aliphatic heterocycles. The molecule has 0 bridgehead atoms. The summed E-state index contributed by atoms with van der Waals surface area (Å²) in [7, 11) is -3.48. The maximum Gasteiger partial charge on any atom is 0.253 e. The predicted molar refractivity (Wildman–Crippen MR) is 110 cm³/mol. The molecule has 30 heavy (non-hydrogen) atoms. The average molecular weight is 423 g/mol. The van der Waals surface area contributed by atoms with Crippen molar-refractivity contribution in [3.8, 4) is 11.4 Å². The van der Waals surface area contributed by atoms with Crippen LogP contribution in [0.15, 0.2) is 60.1 Å². The van der Waals surface area contributed by atoms with Crippen LogP contribution in [-0.4, -0.2) is 58.5 Å². The number of sulfone groups is 1. The van der Waals surface area contributed by atoms with Crippen LogP contribution in [0.1, 0.15) is 34.8 Å². The molecule has 3 aromatic rings. The topological polar surface area (TPSA) is 106 Å². The van der Waals surface area contributed by atoms with Gasteiger partial charge >= 0.3 is 0 Å². The molecule has 0 aliphatic carbocycles. The molecule has 0 saturated carbocycles. The van der Waals surface area contributed by atoms with Crippen molar-refractivity contribution >= 4 is 15.7 Å². The van der Waals surface area contributed by atoms with E-state index in [4.69, 9.17) is 0 Å². The number of hydrogen-bond donors (Lipinski definition) is 0. The maximum atomic E-state index is 12.7. The van der Waals surface area contributed by atoms with Crippen molar-refractivity contribution in [2.24, 2.45) is 0 Å². The molecule has 1 saturated heterocycles. The summed E-state index contributed by atoms with van der Waals surface area (Å²) in [6, 6.07) is 6.97. The van der Waals surface area contributed by atoms with Gasteiger partial charge in [-0.05, 0) is 37.1 Å². The van der Waals surface area contributed by atoms with Gasteiger partial charge in [0.15, 0.2) is 15.7 Å². The molecule has 0 spiro atoms. The highest BCUT2D eigenvalue weighted by Crippen LogP contribution is 2.32. The Bertz CT molecular complexity index is 1150. The second kappa shape index (κ2) is 8.27. The number of nitrogens with zero attached hydrogens (tertiary/aromatic N) is 5. The number of pyridine rings is 2. The highest BCUT2D eigenvalue weighted by Gasteiger charge is 2.29. The Hall–Kier alpha value is -3.20. The molecule has 0 unspecified atom stereocenters. The van der Waals surface area contributed by atoms with Crippen molar-refractivity contribution in [1.29, 1.82) is 0 Å². The zero-order valence-electron chi connectivity index (χ0n) is 16.5. The number of amides is 1. The second-order valence-electron chi connectivity index (χ2n) is 7.25. The number of carbonyl (C=O) groups excluding carboxylic acids is 1. The first-order valence-corrected chi connectivity index (χ1v) is 11.5. The predicted octanol–water partition coefficient (Wildman–Crippen LogP) is 2.36. The number of rotatable bonds is 4. The van der Waals surface area contributed by atoms with Crippen LogP contribution < -0.4 is 0 Å². The van der Waals surface area contributed by atoms with Gasteiger partial charge < -0.3 is 4.90 Å². The van der Waals surface area contributed by atoms with Gasteiger partial charge in [-0.15, -0.1) is 0 Å². The monoisotopic (exact) mass is 423 g/mol. The van der Waals surface area contributed by atoms with Crippen molar-refractivity contribution in [3.63, 3.8) is 0 Å². The van der Waals surface area contributed by atoms with Crippen LogP contribution in [0.3, 0.4) is 0 Å². The SMILES string of the molecule is CS(=O)(=O)c1cnc(-c2ccncc2)nc1C1CCN(C(=O)c2ccncc2)CC1. The van der Waals surface area contributed by atoms with Crippen molar-refractivity contribution in [2.75, 3.05) is 19.3 Å². The second-order valence-corrected chi connectivity index (χ2v) is 9.24. The van der Waals surface area contributed by atoms with Crippen LogP contribution in [0, 0.1) is 0 Å². The highest BCUT2D eigenvalue weighted by molar-refractivity contribution is 7.90. The summed E-state index contributed by atoms with van der Waals surface area (Å²) >= 11 is 0. The van der Waals surface area contributed by atoms with Crippen molar-refractivity contribution < 1.29 is 13.2 Å². The third kappa shape index (κ3) is 4.20. The number of carbonyl (C=O) groups is 1. The van der Waals surface area contributed by atoms with Crippen LogP contribution in [0.5, 0.6) is 0 Å². The maximum absolute atomic E-state index is 12.7. The molecule has 154 valence electrons. The average Bonchev–Trinajstić information content (AvgIpc) is 2.79. The van der Waals surface area contributed by atoms with Gasteiger partial charge in [0.2, 0.25) is 0 Å². The fraction of sp³-hybridized carbons (Fsp3) is 0.286. The van der Waals surface area contributed by atoms with E-state index in [1.165, 1.54) is 12.5 Å². The summed E-state index contributed by atoms with van der Waals surface area (Å²) < 4.78 is 24.7. The lowest BCUT2D eigenvalue weighted by Crippen LogP contribution is -2.38. The Morgan fingerprint density at radius 3 is 2.20 bits per heavy atom. The quantitative estimate of drug-likeness (QED) is 0.634. The van der Waals surface area contributed by atoms with Gasteiger partial charge in [0.25, 0.3) is 5.91 Å². The summed E-state index contributed by atoms with van der Waals surface area (Å²) in [4.78, 5) is 31.5. The van der Waals surface area contributed by atoms with E-state index >= 15 is 0 Å². The molecular weight excluding hydrogens is 402 g/mol. The lowest BCUT2D eigenvalue weighted by molar-refractivity contribution is 0.0711. The number of hydrogen-bond acceptors (Lipinski definition) is 7. The molecule has 3 aromatic heterocycles. The van der Waals surface area contributed by atoms with E-state index in [1.807, 2.05) is 0 Å². The van der Waals surface area contributed by atoms with Gasteiger partial charge in [-0.2, -0.15) is 0 Å². The number of aromatic nitrogens is 4. The van der Waals surface area contributed by atoms with Crippen molar-refractivity contribution in [3.05, 3.63) is 66.5 Å². The Morgan fingerprint density at radius 2 is 1.60 bits per heavy atom. The van der Waals surface area contributed by atoms with Crippen LogP contribution in [0.4, 0.5) is 0 Å². The van der Waals surface area contributed by atoms with Crippen LogP contribution >= 0.6 is 0 Å². The standard InChI is InChI=1S/C21H21N5O3S/c1-30(28,29)18-14-24-20(16-2-8-22-9-3-16)25-19(18)15-6-12-26(13-7-15)21(27)17-4-10-23-11-5-17/h2-5,8-11,14-15H,6-7,12-13H2,1H3. The molecule has 0 aromatic carbocycles. The molecular formula is C21H21N5O3S. The molecule has 4 rings (SSSR count). The van der Waals surface area contributed by atoms with Crippen molar-refractivity contribution in [1.82, 2.24) is 24.8 Å². The van der Waals surface area contributed by atoms with Crippen LogP contribution in [0.2, 0.25) is 0 Å². The van der Waals surface area contributed by atoms with E-state index in [9.17, 15) is 13.2 Å². The van der Waals surface area contributed by atoms with Gasteiger partial charge in [0, 0.05) is 67.4 Å². The molecule has 1 amide bonds. The Kier molecular flexibility index (Phi) is 5.54. The normalized spacial score (nSPS) is 15.2. The Labute approximate surface area is 175 Å². The fourth-order valence-corrected chi connectivity index (χ4v) is 4.47. The van der Waals surface area contributed by atoms with E-state index in [0.717, 1.165) is 5.56 Å². The molecule has 9 heteroatoms. The number of likely N-dealkylation sites (tertiary alicyclic amines) is 1. The van der Waals surface area contributed by atoms with Crippen molar-refractivity contribution in [2.45, 2.75) is 23.7 Å². The molecule has 4 heterocycles. The summed E-state index contributed by atoms with van der Waals surface area (Å²) in [6.07, 6.45) is 10.3. The van der Waals surface area contributed by atoms with Gasteiger partial charge in [-0.25, -0.2) is 18.4 Å². The fourth-order valence-electron chi connectivity index (χ4n) is 3.64. The van der Waals surface area contributed by atoms with Gasteiger partial charge in [0.05, 0.1) is 5.69 Å². The third-order valence-electron chi connectivity index (χ3n) is 5.22. The number of piperidine rings is 1. The summed E-state index contributed by atoms with van der Waals surface area (Å²) in [5, 5.41) is 0. The van der Waals surface area contributed by atoms with E-state index in [0.29, 0.717) is 43.0 Å². The first-order chi connectivity index (χ1) is 14.4. The van der Waals surface area contributed by atoms with Gasteiger partial charge in [-0.1, -0.05) is 0 Å². The van der Waals surface area contributed by atoms with E-state index in [1.54, 1.807) is 54.0 Å². The Balaban J connectivity index is 1.60. The van der Waals surface area contributed by atoms with E-state index < -0.39 is 9.84 Å². The zero-order chi connectivity index (χ0) is 21.1. The van der Waals surface area contributed by atoms with E-state index in [-0.39, 0.29) is 16.7 Å². The zero-order valence-corrected chi connectivity index (χ0v) is 17.3. The molecule has 0 radical (unpaired) electrons. The first kappa shape index (κ1) is 20.1. The minimum Gasteiger partial charge on any atom is -0.339 e. The third-order valence-corrected chi connectivity index (χ3v) is 6.33. The van der Waals surface area contributed by atoms with Gasteiger partial charge in [0.1, 0.15) is 4.90 Å². The largest absolute Gasteiger partial charge is 0.339 e. The highest BCUT2D eigenvalue weighted by atomic mass is 32.2. The van der Waals surface area contributed by atoms with Crippen LogP contribution in [-0.2, 0) is 9.84 Å². The molecule has 1 fully saturated rings. The summed E-state index contributed by atoms with van der Waals surface area (Å²) in [5.74, 6) is 0.356. The molecule has 0 atom stereocenters.